The first-order valence-corrected chi connectivity index (χ1v) is 4.67. The second-order valence-electron chi connectivity index (χ2n) is 3.31. The maximum atomic E-state index is 7.80. The minimum atomic E-state index is 0.701. The molecule has 0 aromatic carbocycles. The molecule has 1 aromatic heterocycles. The molecule has 0 unspecified atom stereocenters. The van der Waals surface area contributed by atoms with Gasteiger partial charge in [-0.3, -0.25) is 4.98 Å². The molecule has 2 nitrogen and oxygen atoms in total. The number of rotatable bonds is 3. The zero-order chi connectivity index (χ0) is 9.84. The van der Waals surface area contributed by atoms with Crippen molar-refractivity contribution in [1.82, 2.24) is 4.98 Å². The molecule has 13 heavy (non-hydrogen) atoms. The van der Waals surface area contributed by atoms with Gasteiger partial charge in [0.2, 0.25) is 0 Å². The number of nitrogens with zero attached hydrogens (tertiary/aromatic N) is 1. The Morgan fingerprint density at radius 2 is 2.08 bits per heavy atom. The summed E-state index contributed by atoms with van der Waals surface area (Å²) >= 11 is 0. The van der Waals surface area contributed by atoms with Gasteiger partial charge in [0.25, 0.3) is 0 Å². The maximum Gasteiger partial charge on any atom is 0.0466 e. The Balaban J connectivity index is 2.95. The zero-order valence-corrected chi connectivity index (χ0v) is 8.52. The number of nitrogens with one attached hydrogen (secondary N) is 1. The van der Waals surface area contributed by atoms with Gasteiger partial charge in [0, 0.05) is 22.7 Å². The second kappa shape index (κ2) is 4.17. The predicted molar refractivity (Wildman–Crippen MR) is 55.4 cm³/mol. The van der Waals surface area contributed by atoms with Crippen molar-refractivity contribution in [2.45, 2.75) is 33.6 Å². The molecule has 0 radical (unpaired) electrons. The van der Waals surface area contributed by atoms with Gasteiger partial charge in [-0.1, -0.05) is 13.3 Å². The summed E-state index contributed by atoms with van der Waals surface area (Å²) in [4.78, 5) is 4.34. The van der Waals surface area contributed by atoms with E-state index < -0.39 is 0 Å². The van der Waals surface area contributed by atoms with Crippen LogP contribution in [0.3, 0.4) is 0 Å². The van der Waals surface area contributed by atoms with E-state index in [1.165, 1.54) is 0 Å². The summed E-state index contributed by atoms with van der Waals surface area (Å²) in [6, 6.07) is 3.96. The summed E-state index contributed by atoms with van der Waals surface area (Å²) < 4.78 is 0. The third-order valence-electron chi connectivity index (χ3n) is 2.05. The van der Waals surface area contributed by atoms with Gasteiger partial charge in [-0.2, -0.15) is 0 Å². The Labute approximate surface area is 79.5 Å². The Kier molecular flexibility index (Phi) is 3.18. The number of pyridine rings is 1. The number of aromatic nitrogens is 1. The van der Waals surface area contributed by atoms with Crippen LogP contribution in [0.2, 0.25) is 0 Å². The smallest absolute Gasteiger partial charge is 0.0466 e. The van der Waals surface area contributed by atoms with E-state index in [-0.39, 0.29) is 0 Å². The van der Waals surface area contributed by atoms with Crippen LogP contribution in [0.15, 0.2) is 12.1 Å². The molecular formula is C11H16N2. The van der Waals surface area contributed by atoms with Crippen molar-refractivity contribution < 1.29 is 0 Å². The molecule has 0 amide bonds. The van der Waals surface area contributed by atoms with E-state index in [0.717, 1.165) is 29.8 Å². The Morgan fingerprint density at radius 1 is 1.38 bits per heavy atom. The average Bonchev–Trinajstić information content (AvgIpc) is 2.04. The standard InChI is InChI=1S/C11H16N2/c1-4-5-11(12)10-7-6-8(2)13-9(10)3/h6-7,12H,4-5H2,1-3H3. The van der Waals surface area contributed by atoms with E-state index in [0.29, 0.717) is 5.71 Å². The highest BCUT2D eigenvalue weighted by molar-refractivity contribution is 5.98. The zero-order valence-electron chi connectivity index (χ0n) is 8.52. The third kappa shape index (κ3) is 2.38. The van der Waals surface area contributed by atoms with Crippen molar-refractivity contribution in [2.75, 3.05) is 0 Å². The molecule has 0 aliphatic rings. The summed E-state index contributed by atoms with van der Waals surface area (Å²) in [6.45, 7) is 6.03. The molecule has 0 bridgehead atoms. The molecular weight excluding hydrogens is 160 g/mol. The van der Waals surface area contributed by atoms with E-state index >= 15 is 0 Å². The molecule has 1 aromatic rings. The molecule has 0 spiro atoms. The molecule has 1 heterocycles. The fourth-order valence-electron chi connectivity index (χ4n) is 1.39. The molecule has 0 fully saturated rings. The fourth-order valence-corrected chi connectivity index (χ4v) is 1.39. The SMILES string of the molecule is CCCC(=N)c1ccc(C)nc1C. The van der Waals surface area contributed by atoms with Crippen molar-refractivity contribution in [3.63, 3.8) is 0 Å². The summed E-state index contributed by atoms with van der Waals surface area (Å²) in [5, 5.41) is 7.80. The third-order valence-corrected chi connectivity index (χ3v) is 2.05. The van der Waals surface area contributed by atoms with Crippen LogP contribution in [0, 0.1) is 19.3 Å². The van der Waals surface area contributed by atoms with Crippen molar-refractivity contribution >= 4 is 5.71 Å². The van der Waals surface area contributed by atoms with Gasteiger partial charge in [0.15, 0.2) is 0 Å². The lowest BCUT2D eigenvalue weighted by atomic mass is 10.0. The van der Waals surface area contributed by atoms with Crippen molar-refractivity contribution in [3.8, 4) is 0 Å². The average molecular weight is 176 g/mol. The molecule has 0 atom stereocenters. The van der Waals surface area contributed by atoms with Crippen LogP contribution in [-0.4, -0.2) is 10.7 Å². The lowest BCUT2D eigenvalue weighted by Gasteiger charge is -2.06. The van der Waals surface area contributed by atoms with Crippen LogP contribution in [0.1, 0.15) is 36.7 Å². The van der Waals surface area contributed by atoms with E-state index in [9.17, 15) is 0 Å². The second-order valence-corrected chi connectivity index (χ2v) is 3.31. The molecule has 1 rings (SSSR count). The molecule has 2 heteroatoms. The minimum Gasteiger partial charge on any atom is -0.305 e. The first-order valence-electron chi connectivity index (χ1n) is 4.67. The monoisotopic (exact) mass is 176 g/mol. The Bertz CT molecular complexity index is 316. The van der Waals surface area contributed by atoms with Crippen molar-refractivity contribution in [1.29, 1.82) is 5.41 Å². The van der Waals surface area contributed by atoms with Gasteiger partial charge in [0.05, 0.1) is 0 Å². The van der Waals surface area contributed by atoms with E-state index in [1.807, 2.05) is 26.0 Å². The highest BCUT2D eigenvalue weighted by Gasteiger charge is 2.04. The number of hydrogen-bond acceptors (Lipinski definition) is 2. The van der Waals surface area contributed by atoms with Gasteiger partial charge in [-0.15, -0.1) is 0 Å². The first-order chi connectivity index (χ1) is 6.15. The van der Waals surface area contributed by atoms with Crippen molar-refractivity contribution in [2.24, 2.45) is 0 Å². The van der Waals surface area contributed by atoms with Gasteiger partial charge < -0.3 is 5.41 Å². The van der Waals surface area contributed by atoms with Crippen LogP contribution < -0.4 is 0 Å². The predicted octanol–water partition coefficient (Wildman–Crippen LogP) is 2.87. The Hall–Kier alpha value is -1.18. The van der Waals surface area contributed by atoms with E-state index in [4.69, 9.17) is 5.41 Å². The summed E-state index contributed by atoms with van der Waals surface area (Å²) in [6.07, 6.45) is 1.86. The fraction of sp³-hybridized carbons (Fsp3) is 0.455. The molecule has 0 aliphatic carbocycles. The summed E-state index contributed by atoms with van der Waals surface area (Å²) in [5.74, 6) is 0. The number of aryl methyl sites for hydroxylation is 2. The van der Waals surface area contributed by atoms with Crippen LogP contribution in [0.5, 0.6) is 0 Å². The maximum absolute atomic E-state index is 7.80. The molecule has 0 saturated heterocycles. The number of hydrogen-bond donors (Lipinski definition) is 1. The lowest BCUT2D eigenvalue weighted by Crippen LogP contribution is -2.03. The highest BCUT2D eigenvalue weighted by Crippen LogP contribution is 2.09. The van der Waals surface area contributed by atoms with Gasteiger partial charge in [-0.25, -0.2) is 0 Å². The largest absolute Gasteiger partial charge is 0.305 e. The van der Waals surface area contributed by atoms with Gasteiger partial charge in [0.1, 0.15) is 0 Å². The minimum absolute atomic E-state index is 0.701. The summed E-state index contributed by atoms with van der Waals surface area (Å²) in [7, 11) is 0. The first kappa shape index (κ1) is 9.90. The van der Waals surface area contributed by atoms with Gasteiger partial charge >= 0.3 is 0 Å². The summed E-state index contributed by atoms with van der Waals surface area (Å²) in [5.41, 5.74) is 3.68. The van der Waals surface area contributed by atoms with Crippen LogP contribution in [0.25, 0.3) is 0 Å². The lowest BCUT2D eigenvalue weighted by molar-refractivity contribution is 0.980. The molecule has 0 aliphatic heterocycles. The van der Waals surface area contributed by atoms with Crippen LogP contribution in [0.4, 0.5) is 0 Å². The van der Waals surface area contributed by atoms with E-state index in [1.54, 1.807) is 0 Å². The van der Waals surface area contributed by atoms with Crippen LogP contribution >= 0.6 is 0 Å². The highest BCUT2D eigenvalue weighted by atomic mass is 14.7. The van der Waals surface area contributed by atoms with Gasteiger partial charge in [-0.05, 0) is 32.4 Å². The molecule has 0 saturated carbocycles. The topological polar surface area (TPSA) is 36.7 Å². The Morgan fingerprint density at radius 3 is 2.62 bits per heavy atom. The quantitative estimate of drug-likeness (QED) is 0.706. The normalized spacial score (nSPS) is 10.1. The van der Waals surface area contributed by atoms with E-state index in [2.05, 4.69) is 11.9 Å². The molecule has 1 N–H and O–H groups in total. The van der Waals surface area contributed by atoms with Crippen molar-refractivity contribution in [3.05, 3.63) is 29.1 Å². The molecule has 70 valence electrons. The van der Waals surface area contributed by atoms with Crippen LogP contribution in [-0.2, 0) is 0 Å².